The average Bonchev–Trinajstić information content (AvgIpc) is 2.30. The van der Waals surface area contributed by atoms with Crippen LogP contribution in [0.25, 0.3) is 0 Å². The minimum absolute atomic E-state index is 0.149. The second-order valence-electron chi connectivity index (χ2n) is 2.47. The van der Waals surface area contributed by atoms with Crippen molar-refractivity contribution in [3.63, 3.8) is 0 Å². The Kier molecular flexibility index (Phi) is 4.19. The Morgan fingerprint density at radius 2 is 1.27 bits per heavy atom. The molecule has 7 heteroatoms. The number of aromatic nitrogens is 3. The van der Waals surface area contributed by atoms with Crippen LogP contribution in [0, 0.1) is 0 Å². The van der Waals surface area contributed by atoms with Gasteiger partial charge in [0.1, 0.15) is 0 Å². The molecule has 0 atom stereocenters. The van der Waals surface area contributed by atoms with Gasteiger partial charge in [-0.2, -0.15) is 9.97 Å². The molecule has 0 amide bonds. The zero-order valence-electron chi connectivity index (χ0n) is 9.05. The van der Waals surface area contributed by atoms with Gasteiger partial charge in [-0.05, 0) is 0 Å². The third kappa shape index (κ3) is 2.74. The van der Waals surface area contributed by atoms with Crippen LogP contribution in [0.4, 0.5) is 0 Å². The average molecular weight is 215 g/mol. The molecule has 0 radical (unpaired) electrons. The van der Waals surface area contributed by atoms with E-state index < -0.39 is 6.29 Å². The van der Waals surface area contributed by atoms with Crippen LogP contribution in [0.1, 0.15) is 12.1 Å². The molecule has 1 rings (SSSR count). The minimum Gasteiger partial charge on any atom is -0.467 e. The SMILES string of the molecule is COc1nc(OC)nc(C(OC)OC)n1. The fourth-order valence-corrected chi connectivity index (χ4v) is 0.948. The molecular weight excluding hydrogens is 202 g/mol. The van der Waals surface area contributed by atoms with E-state index >= 15 is 0 Å². The van der Waals surface area contributed by atoms with Gasteiger partial charge >= 0.3 is 12.0 Å². The van der Waals surface area contributed by atoms with E-state index in [0.29, 0.717) is 5.82 Å². The van der Waals surface area contributed by atoms with Crippen molar-refractivity contribution in [2.45, 2.75) is 6.29 Å². The summed E-state index contributed by atoms with van der Waals surface area (Å²) in [5, 5.41) is 0. The fourth-order valence-electron chi connectivity index (χ4n) is 0.948. The lowest BCUT2D eigenvalue weighted by molar-refractivity contribution is -0.112. The second kappa shape index (κ2) is 5.42. The molecule has 0 unspecified atom stereocenters. The number of methoxy groups -OCH3 is 4. The van der Waals surface area contributed by atoms with Crippen LogP contribution in [0.2, 0.25) is 0 Å². The molecule has 15 heavy (non-hydrogen) atoms. The summed E-state index contributed by atoms with van der Waals surface area (Å²) < 4.78 is 19.8. The zero-order chi connectivity index (χ0) is 11.3. The lowest BCUT2D eigenvalue weighted by atomic mass is 10.6. The summed E-state index contributed by atoms with van der Waals surface area (Å²) in [5.41, 5.74) is 0. The van der Waals surface area contributed by atoms with E-state index in [9.17, 15) is 0 Å². The molecule has 1 aromatic rings. The smallest absolute Gasteiger partial charge is 0.322 e. The Morgan fingerprint density at radius 1 is 0.800 bits per heavy atom. The molecule has 1 aromatic heterocycles. The first-order valence-corrected chi connectivity index (χ1v) is 4.14. The van der Waals surface area contributed by atoms with Crippen molar-refractivity contribution >= 4 is 0 Å². The molecule has 0 aliphatic carbocycles. The molecular formula is C8H13N3O4. The van der Waals surface area contributed by atoms with Crippen LogP contribution in [0.3, 0.4) is 0 Å². The first kappa shape index (κ1) is 11.6. The highest BCUT2D eigenvalue weighted by Gasteiger charge is 2.16. The van der Waals surface area contributed by atoms with Gasteiger partial charge in [-0.15, -0.1) is 4.98 Å². The zero-order valence-corrected chi connectivity index (χ0v) is 9.05. The van der Waals surface area contributed by atoms with Gasteiger partial charge in [0, 0.05) is 14.2 Å². The normalized spacial score (nSPS) is 10.5. The van der Waals surface area contributed by atoms with Crippen molar-refractivity contribution in [3.05, 3.63) is 5.82 Å². The number of nitrogens with zero attached hydrogens (tertiary/aromatic N) is 3. The molecule has 0 fully saturated rings. The largest absolute Gasteiger partial charge is 0.467 e. The van der Waals surface area contributed by atoms with E-state index in [0.717, 1.165) is 0 Å². The molecule has 0 bridgehead atoms. The van der Waals surface area contributed by atoms with Crippen LogP contribution >= 0.6 is 0 Å². The second-order valence-corrected chi connectivity index (χ2v) is 2.47. The highest BCUT2D eigenvalue weighted by molar-refractivity contribution is 5.05. The summed E-state index contributed by atoms with van der Waals surface area (Å²) in [6.07, 6.45) is -0.671. The topological polar surface area (TPSA) is 75.6 Å². The molecule has 0 aromatic carbocycles. The Hall–Kier alpha value is -1.47. The van der Waals surface area contributed by atoms with E-state index in [4.69, 9.17) is 18.9 Å². The van der Waals surface area contributed by atoms with Gasteiger partial charge in [0.25, 0.3) is 0 Å². The summed E-state index contributed by atoms with van der Waals surface area (Å²) in [5.74, 6) is 0.295. The van der Waals surface area contributed by atoms with E-state index in [1.165, 1.54) is 28.4 Å². The summed E-state index contributed by atoms with van der Waals surface area (Å²) in [7, 11) is 5.87. The van der Waals surface area contributed by atoms with Crippen LogP contribution in [-0.2, 0) is 9.47 Å². The summed E-state index contributed by atoms with van der Waals surface area (Å²) in [6, 6.07) is 0.298. The fraction of sp³-hybridized carbons (Fsp3) is 0.625. The van der Waals surface area contributed by atoms with Crippen LogP contribution < -0.4 is 9.47 Å². The lowest BCUT2D eigenvalue weighted by Gasteiger charge is -2.12. The molecule has 1 heterocycles. The monoisotopic (exact) mass is 215 g/mol. The predicted octanol–water partition coefficient (Wildman–Crippen LogP) is 0.180. The third-order valence-corrected chi connectivity index (χ3v) is 1.62. The molecule has 0 N–H and O–H groups in total. The van der Waals surface area contributed by atoms with Crippen molar-refractivity contribution < 1.29 is 18.9 Å². The molecule has 7 nitrogen and oxygen atoms in total. The van der Waals surface area contributed by atoms with E-state index in [1.54, 1.807) is 0 Å². The van der Waals surface area contributed by atoms with Gasteiger partial charge < -0.3 is 18.9 Å². The third-order valence-electron chi connectivity index (χ3n) is 1.62. The maximum Gasteiger partial charge on any atom is 0.322 e. The molecule has 0 aliphatic heterocycles. The van der Waals surface area contributed by atoms with Gasteiger partial charge in [0.2, 0.25) is 6.29 Å². The first-order chi connectivity index (χ1) is 7.24. The summed E-state index contributed by atoms with van der Waals surface area (Å²) in [4.78, 5) is 11.8. The van der Waals surface area contributed by atoms with Crippen LogP contribution in [0.15, 0.2) is 0 Å². The first-order valence-electron chi connectivity index (χ1n) is 4.14. The summed E-state index contributed by atoms with van der Waals surface area (Å²) >= 11 is 0. The highest BCUT2D eigenvalue weighted by atomic mass is 16.7. The van der Waals surface area contributed by atoms with Crippen molar-refractivity contribution in [1.82, 2.24) is 15.0 Å². The van der Waals surface area contributed by atoms with Crippen molar-refractivity contribution in [1.29, 1.82) is 0 Å². The van der Waals surface area contributed by atoms with Crippen molar-refractivity contribution in [3.8, 4) is 12.0 Å². The van der Waals surface area contributed by atoms with Crippen molar-refractivity contribution in [2.75, 3.05) is 28.4 Å². The number of hydrogen-bond acceptors (Lipinski definition) is 7. The van der Waals surface area contributed by atoms with Gasteiger partial charge in [-0.25, -0.2) is 0 Å². The molecule has 0 saturated heterocycles. The quantitative estimate of drug-likeness (QED) is 0.648. The summed E-state index contributed by atoms with van der Waals surface area (Å²) in [6.45, 7) is 0. The van der Waals surface area contributed by atoms with Gasteiger partial charge in [0.05, 0.1) is 14.2 Å². The molecule has 0 aliphatic rings. The predicted molar refractivity (Wildman–Crippen MR) is 49.7 cm³/mol. The maximum atomic E-state index is 5.00. The number of hydrogen-bond donors (Lipinski definition) is 0. The molecule has 0 saturated carbocycles. The Labute approximate surface area is 87.4 Å². The highest BCUT2D eigenvalue weighted by Crippen LogP contribution is 2.17. The maximum absolute atomic E-state index is 5.00. The minimum atomic E-state index is -0.671. The molecule has 0 spiro atoms. The number of rotatable bonds is 5. The molecule has 84 valence electrons. The standard InChI is InChI=1S/C8H13N3O4/c1-12-6(13-2)5-9-7(14-3)11-8(10-5)15-4/h6H,1-4H3. The Morgan fingerprint density at radius 3 is 1.60 bits per heavy atom. The Balaban J connectivity index is 3.05. The van der Waals surface area contributed by atoms with Crippen LogP contribution in [-0.4, -0.2) is 43.4 Å². The van der Waals surface area contributed by atoms with Crippen molar-refractivity contribution in [2.24, 2.45) is 0 Å². The van der Waals surface area contributed by atoms with Crippen LogP contribution in [0.5, 0.6) is 12.0 Å². The number of ether oxygens (including phenoxy) is 4. The van der Waals surface area contributed by atoms with E-state index in [-0.39, 0.29) is 12.0 Å². The van der Waals surface area contributed by atoms with E-state index in [1.807, 2.05) is 0 Å². The van der Waals surface area contributed by atoms with Gasteiger partial charge in [-0.1, -0.05) is 0 Å². The van der Waals surface area contributed by atoms with E-state index in [2.05, 4.69) is 15.0 Å². The van der Waals surface area contributed by atoms with Gasteiger partial charge in [-0.3, -0.25) is 0 Å². The Bertz CT molecular complexity index is 295. The lowest BCUT2D eigenvalue weighted by Crippen LogP contribution is -2.11. The van der Waals surface area contributed by atoms with Gasteiger partial charge in [0.15, 0.2) is 5.82 Å².